The number of aliphatic hydroxyl groups excluding tert-OH is 2. The number of nitro groups is 1. The molecule has 14 nitrogen and oxygen atoms in total. The van der Waals surface area contributed by atoms with Gasteiger partial charge in [-0.25, -0.2) is 25.6 Å². The van der Waals surface area contributed by atoms with E-state index in [9.17, 15) is 30.5 Å². The first-order valence-corrected chi connectivity index (χ1v) is 7.44. The van der Waals surface area contributed by atoms with Gasteiger partial charge in [0.2, 0.25) is 0 Å². The molecule has 0 bridgehead atoms. The molecular formula is C12H18N6O8. The summed E-state index contributed by atoms with van der Waals surface area (Å²) in [6.07, 6.45) is -1.92. The Bertz CT molecular complexity index is 719. The van der Waals surface area contributed by atoms with E-state index in [0.29, 0.717) is 5.01 Å². The van der Waals surface area contributed by atoms with Crippen molar-refractivity contribution in [1.29, 1.82) is 0 Å². The molecule has 2 aliphatic heterocycles. The van der Waals surface area contributed by atoms with Crippen LogP contribution >= 0.6 is 0 Å². The average Bonchev–Trinajstić information content (AvgIpc) is 3.07. The summed E-state index contributed by atoms with van der Waals surface area (Å²) in [6.45, 7) is -0.201. The minimum absolute atomic E-state index is 0.0582. The van der Waals surface area contributed by atoms with Crippen LogP contribution in [0.1, 0.15) is 6.92 Å². The fourth-order valence-corrected chi connectivity index (χ4v) is 3.04. The summed E-state index contributed by atoms with van der Waals surface area (Å²) in [5, 5.41) is 52.3. The van der Waals surface area contributed by atoms with Gasteiger partial charge in [0.15, 0.2) is 34.6 Å². The molecule has 0 radical (unpaired) electrons. The number of nitrogens with one attached hydrogen (secondary N) is 1. The molecule has 0 amide bonds. The molecule has 1 saturated heterocycles. The van der Waals surface area contributed by atoms with Crippen molar-refractivity contribution >= 4 is 17.3 Å². The summed E-state index contributed by atoms with van der Waals surface area (Å²) >= 11 is 0. The van der Waals surface area contributed by atoms with Crippen molar-refractivity contribution in [3.05, 3.63) is 16.4 Å². The lowest BCUT2D eigenvalue weighted by molar-refractivity contribution is -0.494. The Kier molecular flexibility index (Phi) is 4.33. The topological polar surface area (TPSA) is 187 Å². The lowest BCUT2D eigenvalue weighted by Gasteiger charge is -2.40. The second-order valence-corrected chi connectivity index (χ2v) is 5.95. The predicted molar refractivity (Wildman–Crippen MR) is 83.0 cm³/mol. The molecule has 5 N–H and O–H groups in total. The van der Waals surface area contributed by atoms with Gasteiger partial charge in [-0.1, -0.05) is 5.01 Å². The van der Waals surface area contributed by atoms with Crippen molar-refractivity contribution < 1.29 is 35.0 Å². The lowest BCUT2D eigenvalue weighted by atomic mass is 9.94. The van der Waals surface area contributed by atoms with Gasteiger partial charge in [0, 0.05) is 0 Å². The van der Waals surface area contributed by atoms with Gasteiger partial charge in [-0.2, -0.15) is 0 Å². The molecule has 0 spiro atoms. The molecule has 1 aromatic rings. The molecule has 0 unspecified atom stereocenters. The number of nitrogens with zero attached hydrogens (tertiary/aromatic N) is 5. The molecule has 1 fully saturated rings. The smallest absolute Gasteiger partial charge is 0.285 e. The van der Waals surface area contributed by atoms with Crippen LogP contribution in [-0.4, -0.2) is 79.5 Å². The summed E-state index contributed by atoms with van der Waals surface area (Å²) in [7, 11) is 1.28. The van der Waals surface area contributed by atoms with E-state index < -0.39 is 42.0 Å². The predicted octanol–water partition coefficient (Wildman–Crippen LogP) is -2.63. The number of fused-ring (bicyclic) bond motifs is 1. The van der Waals surface area contributed by atoms with Crippen LogP contribution in [0.15, 0.2) is 6.33 Å². The highest BCUT2D eigenvalue weighted by Gasteiger charge is 2.67. The number of hydrogen-bond donors (Lipinski definition) is 5. The maximum absolute atomic E-state index is 11.4. The number of aromatic nitrogens is 2. The van der Waals surface area contributed by atoms with Gasteiger partial charge in [-0.15, -0.1) is 0 Å². The molecule has 2 aliphatic rings. The molecule has 3 rings (SSSR count). The fraction of sp³-hybridized carbons (Fsp3) is 0.667. The number of ether oxygens (including phenoxy) is 1. The van der Waals surface area contributed by atoms with E-state index in [1.54, 1.807) is 0 Å². The molecule has 14 heteroatoms. The third-order valence-electron chi connectivity index (χ3n) is 4.44. The molecule has 26 heavy (non-hydrogen) atoms. The first kappa shape index (κ1) is 18.4. The van der Waals surface area contributed by atoms with E-state index in [-0.39, 0.29) is 17.3 Å². The van der Waals surface area contributed by atoms with Crippen molar-refractivity contribution in [3.8, 4) is 0 Å². The van der Waals surface area contributed by atoms with Crippen LogP contribution in [0.4, 0.5) is 17.3 Å². The van der Waals surface area contributed by atoms with E-state index in [2.05, 4.69) is 15.4 Å². The lowest BCUT2D eigenvalue weighted by Crippen LogP contribution is -2.65. The fourth-order valence-electron chi connectivity index (χ4n) is 3.04. The molecule has 0 saturated carbocycles. The number of hydrazine groups is 1. The van der Waals surface area contributed by atoms with E-state index in [1.807, 2.05) is 0 Å². The van der Waals surface area contributed by atoms with Crippen LogP contribution in [0.2, 0.25) is 0 Å². The Hall–Kier alpha value is -2.36. The maximum Gasteiger partial charge on any atom is 0.285 e. The number of anilines is 3. The van der Waals surface area contributed by atoms with Gasteiger partial charge in [-0.3, -0.25) is 9.74 Å². The zero-order valence-corrected chi connectivity index (χ0v) is 13.8. The first-order chi connectivity index (χ1) is 12.2. The summed E-state index contributed by atoms with van der Waals surface area (Å²) < 4.78 is 5.26. The quantitative estimate of drug-likeness (QED) is 0.266. The van der Waals surface area contributed by atoms with E-state index in [1.165, 1.54) is 7.11 Å². The molecule has 3 heterocycles. The normalized spacial score (nSPS) is 33.5. The molecule has 0 aromatic carbocycles. The number of aliphatic hydroxyl groups is 4. The molecule has 144 valence electrons. The molecule has 4 atom stereocenters. The number of rotatable bonds is 5. The van der Waals surface area contributed by atoms with Crippen molar-refractivity contribution in [1.82, 2.24) is 9.97 Å². The largest absolute Gasteiger partial charge is 0.394 e. The first-order valence-electron chi connectivity index (χ1n) is 7.44. The Morgan fingerprint density at radius 1 is 1.54 bits per heavy atom. The van der Waals surface area contributed by atoms with Gasteiger partial charge >= 0.3 is 0 Å². The van der Waals surface area contributed by atoms with Crippen LogP contribution < -0.4 is 15.4 Å². The van der Waals surface area contributed by atoms with Gasteiger partial charge in [0.05, 0.1) is 13.7 Å². The second kappa shape index (κ2) is 6.11. The Balaban J connectivity index is 2.12. The molecular weight excluding hydrogens is 356 g/mol. The number of hydrogen-bond acceptors (Lipinski definition) is 12. The Morgan fingerprint density at radius 3 is 2.77 bits per heavy atom. The Labute approximate surface area is 146 Å². The highest BCUT2D eigenvalue weighted by molar-refractivity contribution is 5.81. The third-order valence-corrected chi connectivity index (χ3v) is 4.44. The van der Waals surface area contributed by atoms with E-state index in [4.69, 9.17) is 9.57 Å². The van der Waals surface area contributed by atoms with Crippen molar-refractivity contribution in [2.45, 2.75) is 30.6 Å². The van der Waals surface area contributed by atoms with Crippen LogP contribution in [0.3, 0.4) is 0 Å². The van der Waals surface area contributed by atoms with Crippen LogP contribution in [-0.2, 0) is 9.57 Å². The third kappa shape index (κ3) is 2.35. The standard InChI is InChI=1S/C12H18N6O8/c1-11(21)8(20)6(3-19)26-12(11,22)16-5-17(18(23)24)7-9(15-25-2)13-4-14-10(7)16/h4,6,8,19-22H,3,5H2,1-2H3,(H,13,14,15)/t6-,8-,11-,12-/m1/s1. The van der Waals surface area contributed by atoms with Crippen molar-refractivity contribution in [3.63, 3.8) is 0 Å². The van der Waals surface area contributed by atoms with Crippen LogP contribution in [0.5, 0.6) is 0 Å². The minimum Gasteiger partial charge on any atom is -0.394 e. The zero-order chi connectivity index (χ0) is 19.3. The molecule has 1 aromatic heterocycles. The highest BCUT2D eigenvalue weighted by Crippen LogP contribution is 2.48. The maximum atomic E-state index is 11.4. The van der Waals surface area contributed by atoms with Crippen molar-refractivity contribution in [2.75, 3.05) is 35.8 Å². The van der Waals surface area contributed by atoms with Crippen LogP contribution in [0.25, 0.3) is 0 Å². The SMILES string of the molecule is CONc1ncnc2c1N([N+](=O)[O-])CN2[C@]1(O)O[C@H](CO)[C@@H](O)[C@@]1(C)O. The van der Waals surface area contributed by atoms with Gasteiger partial charge in [-0.05, 0) is 6.92 Å². The Morgan fingerprint density at radius 2 is 2.23 bits per heavy atom. The minimum atomic E-state index is -2.61. The molecule has 0 aliphatic carbocycles. The zero-order valence-electron chi connectivity index (χ0n) is 13.8. The van der Waals surface area contributed by atoms with Crippen molar-refractivity contribution in [2.24, 2.45) is 0 Å². The van der Waals surface area contributed by atoms with E-state index >= 15 is 0 Å². The summed E-state index contributed by atoms with van der Waals surface area (Å²) in [5.74, 6) is -2.82. The highest BCUT2D eigenvalue weighted by atomic mass is 16.7. The van der Waals surface area contributed by atoms with Gasteiger partial charge in [0.25, 0.3) is 5.91 Å². The van der Waals surface area contributed by atoms with Gasteiger partial charge < -0.3 is 25.2 Å². The van der Waals surface area contributed by atoms with E-state index in [0.717, 1.165) is 18.2 Å². The summed E-state index contributed by atoms with van der Waals surface area (Å²) in [6, 6.07) is 0. The van der Waals surface area contributed by atoms with Gasteiger partial charge in [0.1, 0.15) is 18.5 Å². The second-order valence-electron chi connectivity index (χ2n) is 5.95. The summed E-state index contributed by atoms with van der Waals surface area (Å²) in [5.41, 5.74) is -0.0782. The summed E-state index contributed by atoms with van der Waals surface area (Å²) in [4.78, 5) is 24.8. The monoisotopic (exact) mass is 374 g/mol. The average molecular weight is 374 g/mol. The van der Waals surface area contributed by atoms with Crippen LogP contribution in [0, 0.1) is 10.1 Å².